The number of carbonyl (C=O) groups excluding carboxylic acids is 3. The SMILES string of the molecule is O=C1CCC(N2Cc3cc(CNC[C@@H]4CNCCO4)ccc3C2=O)C(=O)N1. The molecule has 4 rings (SSSR count). The number of benzene rings is 1. The minimum Gasteiger partial charge on any atom is -0.374 e. The first-order valence-corrected chi connectivity index (χ1v) is 9.41. The lowest BCUT2D eigenvalue weighted by molar-refractivity contribution is -0.136. The summed E-state index contributed by atoms with van der Waals surface area (Å²) in [7, 11) is 0. The summed E-state index contributed by atoms with van der Waals surface area (Å²) in [5.41, 5.74) is 2.67. The predicted octanol–water partition coefficient (Wildman–Crippen LogP) is -0.474. The van der Waals surface area contributed by atoms with Crippen LogP contribution in [0.5, 0.6) is 0 Å². The number of rotatable bonds is 5. The van der Waals surface area contributed by atoms with Crippen LogP contribution >= 0.6 is 0 Å². The standard InChI is InChI=1S/C19H24N4O4/c24-17-4-3-16(18(25)22-17)23-11-13-7-12(1-2-15(13)19(23)26)8-21-10-14-9-20-5-6-27-14/h1-2,7,14,16,20-21H,3-6,8-11H2,(H,22,24,25)/t14-,16?/m0/s1. The number of hydrogen-bond acceptors (Lipinski definition) is 6. The van der Waals surface area contributed by atoms with Gasteiger partial charge in [-0.3, -0.25) is 19.7 Å². The maximum absolute atomic E-state index is 12.7. The van der Waals surface area contributed by atoms with E-state index in [0.29, 0.717) is 25.1 Å². The number of amides is 3. The van der Waals surface area contributed by atoms with E-state index in [1.54, 1.807) is 4.90 Å². The van der Waals surface area contributed by atoms with Gasteiger partial charge >= 0.3 is 0 Å². The molecule has 3 heterocycles. The van der Waals surface area contributed by atoms with Crippen molar-refractivity contribution in [2.75, 3.05) is 26.2 Å². The number of carbonyl (C=O) groups is 3. The van der Waals surface area contributed by atoms with Gasteiger partial charge in [-0.05, 0) is 23.6 Å². The van der Waals surface area contributed by atoms with Crippen LogP contribution in [0.3, 0.4) is 0 Å². The van der Waals surface area contributed by atoms with Crippen molar-refractivity contribution in [2.45, 2.75) is 38.1 Å². The molecule has 27 heavy (non-hydrogen) atoms. The van der Waals surface area contributed by atoms with Crippen LogP contribution < -0.4 is 16.0 Å². The topological polar surface area (TPSA) is 99.8 Å². The zero-order valence-corrected chi connectivity index (χ0v) is 15.1. The first kappa shape index (κ1) is 18.1. The second-order valence-electron chi connectivity index (χ2n) is 7.22. The monoisotopic (exact) mass is 372 g/mol. The molecule has 3 amide bonds. The lowest BCUT2D eigenvalue weighted by atomic mass is 10.0. The second-order valence-corrected chi connectivity index (χ2v) is 7.22. The van der Waals surface area contributed by atoms with Crippen LogP contribution in [0.25, 0.3) is 0 Å². The van der Waals surface area contributed by atoms with Crippen LogP contribution in [-0.4, -0.2) is 61.0 Å². The van der Waals surface area contributed by atoms with Gasteiger partial charge in [0.1, 0.15) is 6.04 Å². The molecule has 3 N–H and O–H groups in total. The van der Waals surface area contributed by atoms with E-state index >= 15 is 0 Å². The molecule has 0 aliphatic carbocycles. The van der Waals surface area contributed by atoms with Crippen molar-refractivity contribution in [3.8, 4) is 0 Å². The number of piperidine rings is 1. The van der Waals surface area contributed by atoms with Gasteiger partial charge in [0.15, 0.2) is 0 Å². The smallest absolute Gasteiger partial charge is 0.255 e. The summed E-state index contributed by atoms with van der Waals surface area (Å²) in [5.74, 6) is -0.790. The number of morpholine rings is 1. The van der Waals surface area contributed by atoms with E-state index in [1.807, 2.05) is 18.2 Å². The highest BCUT2D eigenvalue weighted by Crippen LogP contribution is 2.28. The van der Waals surface area contributed by atoms with Gasteiger partial charge in [0.05, 0.1) is 12.7 Å². The number of nitrogens with one attached hydrogen (secondary N) is 3. The van der Waals surface area contributed by atoms with Gasteiger partial charge in [0.2, 0.25) is 11.8 Å². The Labute approximate surface area is 157 Å². The summed E-state index contributed by atoms with van der Waals surface area (Å²) >= 11 is 0. The molecule has 2 saturated heterocycles. The van der Waals surface area contributed by atoms with E-state index < -0.39 is 6.04 Å². The van der Waals surface area contributed by atoms with Gasteiger partial charge in [-0.25, -0.2) is 0 Å². The van der Waals surface area contributed by atoms with Gasteiger partial charge in [0.25, 0.3) is 5.91 Å². The van der Waals surface area contributed by atoms with E-state index in [0.717, 1.165) is 37.4 Å². The van der Waals surface area contributed by atoms with Crippen LogP contribution in [0, 0.1) is 0 Å². The minimum atomic E-state index is -0.569. The van der Waals surface area contributed by atoms with Crippen molar-refractivity contribution in [3.05, 3.63) is 34.9 Å². The molecule has 0 spiro atoms. The normalized spacial score (nSPS) is 25.5. The van der Waals surface area contributed by atoms with Crippen LogP contribution in [0.15, 0.2) is 18.2 Å². The Morgan fingerprint density at radius 1 is 1.26 bits per heavy atom. The van der Waals surface area contributed by atoms with E-state index in [2.05, 4.69) is 16.0 Å². The number of ether oxygens (including phenoxy) is 1. The average Bonchev–Trinajstić information content (AvgIpc) is 2.99. The van der Waals surface area contributed by atoms with Crippen molar-refractivity contribution in [3.63, 3.8) is 0 Å². The highest BCUT2D eigenvalue weighted by Gasteiger charge is 2.38. The van der Waals surface area contributed by atoms with Crippen molar-refractivity contribution in [2.24, 2.45) is 0 Å². The van der Waals surface area contributed by atoms with Gasteiger partial charge in [-0.2, -0.15) is 0 Å². The highest BCUT2D eigenvalue weighted by molar-refractivity contribution is 6.05. The zero-order valence-electron chi connectivity index (χ0n) is 15.1. The molecule has 144 valence electrons. The molecule has 0 radical (unpaired) electrons. The summed E-state index contributed by atoms with van der Waals surface area (Å²) in [5, 5.41) is 9.02. The van der Waals surface area contributed by atoms with Gasteiger partial charge in [0, 0.05) is 44.7 Å². The van der Waals surface area contributed by atoms with E-state index in [1.165, 1.54) is 0 Å². The Morgan fingerprint density at radius 3 is 2.93 bits per heavy atom. The molecule has 0 aromatic heterocycles. The Morgan fingerprint density at radius 2 is 2.15 bits per heavy atom. The van der Waals surface area contributed by atoms with Gasteiger partial charge in [-0.15, -0.1) is 0 Å². The van der Waals surface area contributed by atoms with Crippen LogP contribution in [0.2, 0.25) is 0 Å². The molecule has 0 bridgehead atoms. The largest absolute Gasteiger partial charge is 0.374 e. The Kier molecular flexibility index (Phi) is 5.20. The van der Waals surface area contributed by atoms with Crippen LogP contribution in [-0.2, 0) is 27.4 Å². The van der Waals surface area contributed by atoms with Crippen molar-refractivity contribution in [1.29, 1.82) is 0 Å². The molecule has 8 heteroatoms. The molecule has 1 aromatic carbocycles. The summed E-state index contributed by atoms with van der Waals surface area (Å²) in [6, 6.07) is 5.23. The fourth-order valence-electron chi connectivity index (χ4n) is 3.87. The first-order chi connectivity index (χ1) is 13.1. The highest BCUT2D eigenvalue weighted by atomic mass is 16.5. The Hall–Kier alpha value is -2.29. The third-order valence-corrected chi connectivity index (χ3v) is 5.29. The fourth-order valence-corrected chi connectivity index (χ4v) is 3.87. The molecule has 3 aliphatic rings. The number of fused-ring (bicyclic) bond motifs is 1. The fraction of sp³-hybridized carbons (Fsp3) is 0.526. The molecule has 1 unspecified atom stereocenters. The molecule has 3 aliphatic heterocycles. The van der Waals surface area contributed by atoms with E-state index in [4.69, 9.17) is 4.74 Å². The van der Waals surface area contributed by atoms with Crippen LogP contribution in [0.1, 0.15) is 34.3 Å². The third-order valence-electron chi connectivity index (χ3n) is 5.29. The Bertz CT molecular complexity index is 760. The van der Waals surface area contributed by atoms with Crippen molar-refractivity contribution < 1.29 is 19.1 Å². The number of nitrogens with zero attached hydrogens (tertiary/aromatic N) is 1. The predicted molar refractivity (Wildman–Crippen MR) is 96.8 cm³/mol. The molecular weight excluding hydrogens is 348 g/mol. The van der Waals surface area contributed by atoms with E-state index in [-0.39, 0.29) is 30.2 Å². The first-order valence-electron chi connectivity index (χ1n) is 9.41. The summed E-state index contributed by atoms with van der Waals surface area (Å²) in [6.07, 6.45) is 0.829. The summed E-state index contributed by atoms with van der Waals surface area (Å²) < 4.78 is 5.66. The number of imide groups is 1. The van der Waals surface area contributed by atoms with Crippen LogP contribution in [0.4, 0.5) is 0 Å². The van der Waals surface area contributed by atoms with Gasteiger partial charge in [-0.1, -0.05) is 12.1 Å². The number of hydrogen-bond donors (Lipinski definition) is 3. The molecule has 0 saturated carbocycles. The molecule has 2 atom stereocenters. The lowest BCUT2D eigenvalue weighted by Gasteiger charge is -2.29. The molecule has 8 nitrogen and oxygen atoms in total. The van der Waals surface area contributed by atoms with Crippen molar-refractivity contribution >= 4 is 17.7 Å². The van der Waals surface area contributed by atoms with Gasteiger partial charge < -0.3 is 20.3 Å². The summed E-state index contributed by atoms with van der Waals surface area (Å²) in [6.45, 7) is 4.37. The zero-order chi connectivity index (χ0) is 18.8. The lowest BCUT2D eigenvalue weighted by Crippen LogP contribution is -2.52. The Balaban J connectivity index is 1.37. The second kappa shape index (κ2) is 7.75. The maximum atomic E-state index is 12.7. The van der Waals surface area contributed by atoms with Crippen molar-refractivity contribution in [1.82, 2.24) is 20.9 Å². The minimum absolute atomic E-state index is 0.138. The third kappa shape index (κ3) is 3.87. The molecular formula is C19H24N4O4. The molecule has 1 aromatic rings. The molecule has 2 fully saturated rings. The quantitative estimate of drug-likeness (QED) is 0.604. The average molecular weight is 372 g/mol. The maximum Gasteiger partial charge on any atom is 0.255 e. The summed E-state index contributed by atoms with van der Waals surface area (Å²) in [4.78, 5) is 37.7. The van der Waals surface area contributed by atoms with E-state index in [9.17, 15) is 14.4 Å².